The van der Waals surface area contributed by atoms with E-state index in [1.165, 1.54) is 6.08 Å². The number of nitrogens with two attached hydrogens (primary N) is 1. The molecule has 0 aliphatic heterocycles. The van der Waals surface area contributed by atoms with Crippen molar-refractivity contribution in [2.45, 2.75) is 0 Å². The lowest BCUT2D eigenvalue weighted by Gasteiger charge is -2.14. The van der Waals surface area contributed by atoms with Gasteiger partial charge in [0.2, 0.25) is 0 Å². The van der Waals surface area contributed by atoms with E-state index >= 15 is 0 Å². The van der Waals surface area contributed by atoms with Crippen molar-refractivity contribution in [2.75, 3.05) is 5.73 Å². The molecule has 76 valence electrons. The Morgan fingerprint density at radius 2 is 2.13 bits per heavy atom. The molecule has 2 rings (SSSR count). The molecule has 0 heterocycles. The molecule has 4 nitrogen and oxygen atoms in total. The maximum absolute atomic E-state index is 11.7. The number of anilines is 1. The van der Waals surface area contributed by atoms with E-state index in [2.05, 4.69) is 0 Å². The van der Waals surface area contributed by atoms with Gasteiger partial charge >= 0.3 is 5.97 Å². The summed E-state index contributed by atoms with van der Waals surface area (Å²) in [6.45, 7) is 0. The fourth-order valence-corrected chi connectivity index (χ4v) is 1.59. The van der Waals surface area contributed by atoms with Crippen LogP contribution in [0.25, 0.3) is 6.08 Å². The van der Waals surface area contributed by atoms with E-state index in [-0.39, 0.29) is 5.78 Å². The van der Waals surface area contributed by atoms with Crippen LogP contribution >= 0.6 is 0 Å². The lowest BCUT2D eigenvalue weighted by molar-refractivity contribution is -0.138. The average Bonchev–Trinajstić information content (AvgIpc) is 2.17. The Hall–Kier alpha value is -2.10. The predicted molar refractivity (Wildman–Crippen MR) is 55.3 cm³/mol. The van der Waals surface area contributed by atoms with Crippen molar-refractivity contribution in [2.24, 2.45) is 5.92 Å². The summed E-state index contributed by atoms with van der Waals surface area (Å²) >= 11 is 0. The fourth-order valence-electron chi connectivity index (χ4n) is 1.59. The van der Waals surface area contributed by atoms with Crippen LogP contribution in [0.2, 0.25) is 0 Å². The van der Waals surface area contributed by atoms with Gasteiger partial charge in [0.1, 0.15) is 5.92 Å². The van der Waals surface area contributed by atoms with Crippen LogP contribution in [-0.2, 0) is 4.79 Å². The first-order valence-electron chi connectivity index (χ1n) is 4.44. The molecule has 1 aliphatic carbocycles. The van der Waals surface area contributed by atoms with E-state index in [9.17, 15) is 9.59 Å². The largest absolute Gasteiger partial charge is 0.480 e. The average molecular weight is 203 g/mol. The molecule has 1 unspecified atom stereocenters. The van der Waals surface area contributed by atoms with Gasteiger partial charge in [0.15, 0.2) is 5.78 Å². The van der Waals surface area contributed by atoms with Crippen molar-refractivity contribution in [1.29, 1.82) is 0 Å². The second-order valence-corrected chi connectivity index (χ2v) is 3.39. The van der Waals surface area contributed by atoms with Gasteiger partial charge < -0.3 is 10.8 Å². The van der Waals surface area contributed by atoms with E-state index < -0.39 is 11.9 Å². The Morgan fingerprint density at radius 1 is 1.40 bits per heavy atom. The molecule has 0 amide bonds. The molecule has 0 radical (unpaired) electrons. The van der Waals surface area contributed by atoms with Crippen LogP contribution in [0.5, 0.6) is 0 Å². The minimum absolute atomic E-state index is 0.389. The molecule has 1 aromatic carbocycles. The number of carbonyl (C=O) groups is 2. The third-order valence-corrected chi connectivity index (χ3v) is 2.36. The van der Waals surface area contributed by atoms with E-state index in [0.29, 0.717) is 16.8 Å². The number of rotatable bonds is 1. The van der Waals surface area contributed by atoms with Gasteiger partial charge in [0.25, 0.3) is 0 Å². The number of hydrogen-bond donors (Lipinski definition) is 2. The molecule has 0 saturated carbocycles. The number of carboxylic acid groups (broad SMARTS) is 1. The van der Waals surface area contributed by atoms with Crippen molar-refractivity contribution >= 4 is 23.5 Å². The topological polar surface area (TPSA) is 80.4 Å². The summed E-state index contributed by atoms with van der Waals surface area (Å²) in [5.74, 6) is -2.58. The summed E-state index contributed by atoms with van der Waals surface area (Å²) in [4.78, 5) is 22.4. The second kappa shape index (κ2) is 3.24. The summed E-state index contributed by atoms with van der Waals surface area (Å²) in [6, 6.07) is 4.81. The van der Waals surface area contributed by atoms with Crippen molar-refractivity contribution in [1.82, 2.24) is 0 Å². The third kappa shape index (κ3) is 1.50. The number of Topliss-reactive ketones (excluding diaryl/α,β-unsaturated/α-hetero) is 1. The number of nitrogen functional groups attached to an aromatic ring is 1. The minimum atomic E-state index is -1.13. The number of carbonyl (C=O) groups excluding carboxylic acids is 1. The molecule has 4 heteroatoms. The van der Waals surface area contributed by atoms with Crippen molar-refractivity contribution in [3.8, 4) is 0 Å². The molecule has 0 spiro atoms. The molecule has 15 heavy (non-hydrogen) atoms. The standard InChI is InChI=1S/C11H9NO3/c12-7-2-4-8-6(5-7)1-3-9(10(8)13)11(14)15/h1-5,9H,12H2,(H,14,15). The number of aliphatic carboxylic acids is 1. The Kier molecular flexibility index (Phi) is 2.04. The normalized spacial score (nSPS) is 18.7. The summed E-state index contributed by atoms with van der Waals surface area (Å²) in [6.07, 6.45) is 3.00. The maximum atomic E-state index is 11.7. The Labute approximate surface area is 86.0 Å². The van der Waals surface area contributed by atoms with Crippen LogP contribution in [0.3, 0.4) is 0 Å². The van der Waals surface area contributed by atoms with E-state index in [1.807, 2.05) is 0 Å². The maximum Gasteiger partial charge on any atom is 0.318 e. The first kappa shape index (κ1) is 9.45. The molecule has 0 aromatic heterocycles. The van der Waals surface area contributed by atoms with Crippen LogP contribution in [0, 0.1) is 5.92 Å². The summed E-state index contributed by atoms with van der Waals surface area (Å²) in [5, 5.41) is 8.79. The lowest BCUT2D eigenvalue weighted by atomic mass is 9.88. The van der Waals surface area contributed by atoms with E-state index in [1.54, 1.807) is 24.3 Å². The van der Waals surface area contributed by atoms with Gasteiger partial charge in [0, 0.05) is 11.3 Å². The highest BCUT2D eigenvalue weighted by Gasteiger charge is 2.28. The van der Waals surface area contributed by atoms with Crippen molar-refractivity contribution in [3.63, 3.8) is 0 Å². The van der Waals surface area contributed by atoms with Gasteiger partial charge in [-0.25, -0.2) is 0 Å². The Morgan fingerprint density at radius 3 is 2.80 bits per heavy atom. The van der Waals surface area contributed by atoms with Crippen LogP contribution in [0.1, 0.15) is 15.9 Å². The van der Waals surface area contributed by atoms with Gasteiger partial charge in [0.05, 0.1) is 0 Å². The fraction of sp³-hybridized carbons (Fsp3) is 0.0909. The smallest absolute Gasteiger partial charge is 0.318 e. The molecule has 3 N–H and O–H groups in total. The van der Waals surface area contributed by atoms with Gasteiger partial charge in [-0.05, 0) is 23.8 Å². The highest BCUT2D eigenvalue weighted by atomic mass is 16.4. The second-order valence-electron chi connectivity index (χ2n) is 3.39. The molecule has 1 atom stereocenters. The van der Waals surface area contributed by atoms with Gasteiger partial charge in [-0.1, -0.05) is 12.2 Å². The number of fused-ring (bicyclic) bond motifs is 1. The summed E-state index contributed by atoms with van der Waals surface area (Å²) in [5.41, 5.74) is 7.21. The van der Waals surface area contributed by atoms with Crippen molar-refractivity contribution < 1.29 is 14.7 Å². The number of ketones is 1. The van der Waals surface area contributed by atoms with Crippen LogP contribution in [0.15, 0.2) is 24.3 Å². The molecule has 0 fully saturated rings. The van der Waals surface area contributed by atoms with Crippen LogP contribution in [-0.4, -0.2) is 16.9 Å². The minimum Gasteiger partial charge on any atom is -0.480 e. The van der Waals surface area contributed by atoms with Crippen LogP contribution < -0.4 is 5.73 Å². The molecular weight excluding hydrogens is 194 g/mol. The van der Waals surface area contributed by atoms with Gasteiger partial charge in [-0.15, -0.1) is 0 Å². The lowest BCUT2D eigenvalue weighted by Crippen LogP contribution is -2.24. The number of carboxylic acids is 1. The monoisotopic (exact) mass is 203 g/mol. The van der Waals surface area contributed by atoms with Crippen LogP contribution in [0.4, 0.5) is 5.69 Å². The quantitative estimate of drug-likeness (QED) is 0.530. The molecule has 0 saturated heterocycles. The van der Waals surface area contributed by atoms with Crippen molar-refractivity contribution in [3.05, 3.63) is 35.4 Å². The zero-order chi connectivity index (χ0) is 11.0. The number of benzene rings is 1. The molecule has 1 aromatic rings. The first-order valence-corrected chi connectivity index (χ1v) is 4.44. The van der Waals surface area contributed by atoms with Gasteiger partial charge in [-0.3, -0.25) is 9.59 Å². The molecular formula is C11H9NO3. The summed E-state index contributed by atoms with van der Waals surface area (Å²) in [7, 11) is 0. The molecule has 1 aliphatic rings. The summed E-state index contributed by atoms with van der Waals surface area (Å²) < 4.78 is 0. The zero-order valence-corrected chi connectivity index (χ0v) is 7.81. The van der Waals surface area contributed by atoms with E-state index in [4.69, 9.17) is 10.8 Å². The van der Waals surface area contributed by atoms with Gasteiger partial charge in [-0.2, -0.15) is 0 Å². The molecule has 0 bridgehead atoms. The highest BCUT2D eigenvalue weighted by Crippen LogP contribution is 2.24. The number of hydrogen-bond acceptors (Lipinski definition) is 3. The zero-order valence-electron chi connectivity index (χ0n) is 7.81. The SMILES string of the molecule is Nc1ccc2c(c1)C=CC(C(=O)O)C2=O. The Bertz CT molecular complexity index is 477. The highest BCUT2D eigenvalue weighted by molar-refractivity contribution is 6.13. The Balaban J connectivity index is 2.51. The third-order valence-electron chi connectivity index (χ3n) is 2.36. The predicted octanol–water partition coefficient (Wildman–Crippen LogP) is 1.18. The van der Waals surface area contributed by atoms with E-state index in [0.717, 1.165) is 0 Å². The first-order chi connectivity index (χ1) is 7.09.